The van der Waals surface area contributed by atoms with Gasteiger partial charge in [0.25, 0.3) is 0 Å². The van der Waals surface area contributed by atoms with Crippen molar-refractivity contribution in [3.63, 3.8) is 0 Å². The van der Waals surface area contributed by atoms with Crippen molar-refractivity contribution in [3.05, 3.63) is 71.3 Å². The van der Waals surface area contributed by atoms with E-state index in [1.807, 2.05) is 6.07 Å². The number of hydrogen-bond donors (Lipinski definition) is 2. The van der Waals surface area contributed by atoms with Crippen molar-refractivity contribution in [3.8, 4) is 0 Å². The Kier molecular flexibility index (Phi) is 8.53. The van der Waals surface area contributed by atoms with E-state index < -0.39 is 33.1 Å². The predicted molar refractivity (Wildman–Crippen MR) is 144 cm³/mol. The number of halogens is 1. The summed E-state index contributed by atoms with van der Waals surface area (Å²) in [6, 6.07) is 16.2. The number of benzene rings is 2. The van der Waals surface area contributed by atoms with Gasteiger partial charge in [-0.1, -0.05) is 54.6 Å². The van der Waals surface area contributed by atoms with E-state index >= 15 is 0 Å². The number of hydrogen-bond acceptors (Lipinski definition) is 5. The van der Waals surface area contributed by atoms with Crippen LogP contribution in [0.4, 0.5) is 0 Å². The molecule has 1 unspecified atom stereocenters. The lowest BCUT2D eigenvalue weighted by molar-refractivity contribution is -0.138. The first-order chi connectivity index (χ1) is 16.5. The summed E-state index contributed by atoms with van der Waals surface area (Å²) >= 11 is 0. The third kappa shape index (κ3) is 6.28. The number of aryl methyl sites for hydroxylation is 1. The molecule has 0 radical (unpaired) electrons. The van der Waals surface area contributed by atoms with Gasteiger partial charge in [-0.25, -0.2) is 8.42 Å². The van der Waals surface area contributed by atoms with Gasteiger partial charge in [-0.2, -0.15) is 0 Å². The maximum atomic E-state index is 13.5. The van der Waals surface area contributed by atoms with Crippen LogP contribution in [0.15, 0.2) is 54.6 Å². The Bertz CT molecular complexity index is 1190. The third-order valence-electron chi connectivity index (χ3n) is 7.33. The highest BCUT2D eigenvalue weighted by Crippen LogP contribution is 2.46. The van der Waals surface area contributed by atoms with Crippen molar-refractivity contribution in [1.29, 1.82) is 0 Å². The maximum absolute atomic E-state index is 13.5. The Morgan fingerprint density at radius 3 is 2.28 bits per heavy atom. The van der Waals surface area contributed by atoms with Crippen molar-refractivity contribution in [2.24, 2.45) is 5.73 Å². The molecule has 9 heteroatoms. The molecule has 3 N–H and O–H groups in total. The maximum Gasteiger partial charge on any atom is 0.246 e. The Labute approximate surface area is 220 Å². The molecular weight excluding hydrogens is 498 g/mol. The Balaban J connectivity index is 0.00000361. The average molecular weight is 534 g/mol. The number of nitrogens with one attached hydrogen (secondary N) is 1. The molecule has 7 nitrogen and oxygen atoms in total. The second kappa shape index (κ2) is 10.9. The number of nitrogens with zero attached hydrogens (tertiary/aromatic N) is 1. The van der Waals surface area contributed by atoms with Gasteiger partial charge in [-0.15, -0.1) is 12.4 Å². The fourth-order valence-corrected chi connectivity index (χ4v) is 6.87. The van der Waals surface area contributed by atoms with E-state index in [1.54, 1.807) is 29.2 Å². The van der Waals surface area contributed by atoms with E-state index in [1.165, 1.54) is 25.0 Å². The molecule has 1 aliphatic heterocycles. The topological polar surface area (TPSA) is 110 Å². The zero-order valence-electron chi connectivity index (χ0n) is 20.9. The number of carbonyl (C=O) groups excluding carboxylic acids is 2. The first-order valence-corrected chi connectivity index (χ1v) is 14.0. The molecule has 2 aromatic rings. The van der Waals surface area contributed by atoms with Crippen LogP contribution >= 0.6 is 12.4 Å². The second-order valence-electron chi connectivity index (χ2n) is 10.6. The van der Waals surface area contributed by atoms with E-state index in [-0.39, 0.29) is 29.5 Å². The predicted octanol–water partition coefficient (Wildman–Crippen LogP) is 2.75. The lowest BCUT2D eigenvalue weighted by atomic mass is 9.74. The molecular formula is C27H36ClN3O4S. The van der Waals surface area contributed by atoms with E-state index in [9.17, 15) is 18.0 Å². The summed E-state index contributed by atoms with van der Waals surface area (Å²) in [4.78, 5) is 27.9. The number of likely N-dealkylation sites (tertiary alicyclic amines) is 1. The van der Waals surface area contributed by atoms with Crippen LogP contribution in [-0.4, -0.2) is 55.6 Å². The normalized spacial score (nSPS) is 17.7. The summed E-state index contributed by atoms with van der Waals surface area (Å²) in [5.74, 6) is -1.57. The molecule has 1 aliphatic carbocycles. The van der Waals surface area contributed by atoms with E-state index in [0.717, 1.165) is 25.7 Å². The van der Waals surface area contributed by atoms with Gasteiger partial charge < -0.3 is 16.0 Å². The molecule has 0 saturated carbocycles. The Morgan fingerprint density at radius 1 is 1.03 bits per heavy atom. The first-order valence-electron chi connectivity index (χ1n) is 12.2. The number of nitrogens with two attached hydrogens (primary N) is 1. The quantitative estimate of drug-likeness (QED) is 0.568. The molecule has 1 atom stereocenters. The zero-order chi connectivity index (χ0) is 25.3. The van der Waals surface area contributed by atoms with Crippen molar-refractivity contribution in [2.45, 2.75) is 62.3 Å². The lowest BCUT2D eigenvalue weighted by Crippen LogP contribution is -2.59. The Hall–Kier alpha value is -2.42. The summed E-state index contributed by atoms with van der Waals surface area (Å²) < 4.78 is 26.0. The number of fused-ring (bicyclic) bond motifs is 2. The highest BCUT2D eigenvalue weighted by molar-refractivity contribution is 7.90. The molecule has 196 valence electrons. The SMILES string of the molecule is CC(C)(N)C(=O)NC(CS(=O)(=O)Cc1ccccc1)C(=O)N1CCC2(CCc3ccccc32)CC1.Cl. The van der Waals surface area contributed by atoms with Crippen molar-refractivity contribution in [2.75, 3.05) is 18.8 Å². The minimum absolute atomic E-state index is 0. The van der Waals surface area contributed by atoms with Gasteiger partial charge in [-0.3, -0.25) is 9.59 Å². The van der Waals surface area contributed by atoms with E-state index in [4.69, 9.17) is 5.73 Å². The summed E-state index contributed by atoms with van der Waals surface area (Å²) in [5.41, 5.74) is 8.18. The monoisotopic (exact) mass is 533 g/mol. The van der Waals surface area contributed by atoms with Gasteiger partial charge in [0, 0.05) is 13.1 Å². The van der Waals surface area contributed by atoms with Crippen LogP contribution in [0.2, 0.25) is 0 Å². The standard InChI is InChI=1S/C27H35N3O4S.ClH/c1-26(2,28)25(32)29-23(19-35(33,34)18-20-8-4-3-5-9-20)24(31)30-16-14-27(15-17-30)13-12-21-10-6-7-11-22(21)27;/h3-11,23H,12-19,28H2,1-2H3,(H,29,32);1H. The summed E-state index contributed by atoms with van der Waals surface area (Å²) in [7, 11) is -3.67. The molecule has 0 bridgehead atoms. The van der Waals surface area contributed by atoms with Gasteiger partial charge in [0.2, 0.25) is 11.8 Å². The van der Waals surface area contributed by atoms with Crippen molar-refractivity contribution >= 4 is 34.1 Å². The van der Waals surface area contributed by atoms with Gasteiger partial charge in [-0.05, 0) is 61.6 Å². The van der Waals surface area contributed by atoms with Gasteiger partial charge in [0.15, 0.2) is 9.84 Å². The number of carbonyl (C=O) groups is 2. The average Bonchev–Trinajstić information content (AvgIpc) is 3.16. The number of amides is 2. The van der Waals surface area contributed by atoms with Crippen LogP contribution in [0.3, 0.4) is 0 Å². The van der Waals surface area contributed by atoms with Crippen molar-refractivity contribution in [1.82, 2.24) is 10.2 Å². The molecule has 2 amide bonds. The number of piperidine rings is 1. The van der Waals surface area contributed by atoms with Gasteiger partial charge in [0.1, 0.15) is 6.04 Å². The fourth-order valence-electron chi connectivity index (χ4n) is 5.32. The van der Waals surface area contributed by atoms with Crippen LogP contribution in [0.25, 0.3) is 0 Å². The fraction of sp³-hybridized carbons (Fsp3) is 0.481. The van der Waals surface area contributed by atoms with Crippen LogP contribution in [0, 0.1) is 0 Å². The minimum atomic E-state index is -3.67. The largest absolute Gasteiger partial charge is 0.342 e. The zero-order valence-corrected chi connectivity index (χ0v) is 22.5. The molecule has 0 aromatic heterocycles. The van der Waals surface area contributed by atoms with Crippen LogP contribution in [0.5, 0.6) is 0 Å². The first kappa shape index (κ1) is 28.2. The molecule has 2 aliphatic rings. The minimum Gasteiger partial charge on any atom is -0.342 e. The lowest BCUT2D eigenvalue weighted by Gasteiger charge is -2.41. The van der Waals surface area contributed by atoms with Crippen LogP contribution in [0.1, 0.15) is 49.8 Å². The van der Waals surface area contributed by atoms with Gasteiger partial charge >= 0.3 is 0 Å². The van der Waals surface area contributed by atoms with E-state index in [2.05, 4.69) is 29.6 Å². The number of rotatable bonds is 7. The smallest absolute Gasteiger partial charge is 0.246 e. The summed E-state index contributed by atoms with van der Waals surface area (Å²) in [6.07, 6.45) is 3.78. The van der Waals surface area contributed by atoms with Crippen molar-refractivity contribution < 1.29 is 18.0 Å². The summed E-state index contributed by atoms with van der Waals surface area (Å²) in [5, 5.41) is 2.64. The van der Waals surface area contributed by atoms with Crippen LogP contribution in [-0.2, 0) is 37.0 Å². The second-order valence-corrected chi connectivity index (χ2v) is 12.7. The highest BCUT2D eigenvalue weighted by atomic mass is 35.5. The molecule has 1 heterocycles. The van der Waals surface area contributed by atoms with Crippen LogP contribution < -0.4 is 11.1 Å². The summed E-state index contributed by atoms with van der Waals surface area (Å²) in [6.45, 7) is 4.13. The Morgan fingerprint density at radius 2 is 1.64 bits per heavy atom. The molecule has 1 fully saturated rings. The third-order valence-corrected chi connectivity index (χ3v) is 8.95. The molecule has 36 heavy (non-hydrogen) atoms. The molecule has 1 saturated heterocycles. The molecule has 1 spiro atoms. The number of sulfone groups is 1. The van der Waals surface area contributed by atoms with E-state index in [0.29, 0.717) is 18.7 Å². The highest BCUT2D eigenvalue weighted by Gasteiger charge is 2.43. The molecule has 4 rings (SSSR count). The molecule has 2 aromatic carbocycles. The van der Waals surface area contributed by atoms with Gasteiger partial charge in [0.05, 0.1) is 17.0 Å².